The highest BCUT2D eigenvalue weighted by molar-refractivity contribution is 9.10. The molecule has 2 rings (SSSR count). The minimum atomic E-state index is -0.166. The summed E-state index contributed by atoms with van der Waals surface area (Å²) in [5.41, 5.74) is 1.02. The van der Waals surface area contributed by atoms with E-state index in [1.165, 1.54) is 6.07 Å². The number of nitrogens with one attached hydrogen (secondary N) is 1. The van der Waals surface area contributed by atoms with E-state index >= 15 is 0 Å². The van der Waals surface area contributed by atoms with Crippen LogP contribution in [-0.4, -0.2) is 30.6 Å². The molecular formula is C12H17BrClFN2. The van der Waals surface area contributed by atoms with Crippen LogP contribution in [0.15, 0.2) is 22.7 Å². The van der Waals surface area contributed by atoms with Gasteiger partial charge < -0.3 is 5.32 Å². The topological polar surface area (TPSA) is 15.3 Å². The molecule has 0 amide bonds. The van der Waals surface area contributed by atoms with Crippen LogP contribution >= 0.6 is 28.3 Å². The molecule has 1 atom stereocenters. The number of hydrogen-bond donors (Lipinski definition) is 1. The van der Waals surface area contributed by atoms with Crippen LogP contribution in [0.1, 0.15) is 12.5 Å². The van der Waals surface area contributed by atoms with Crippen molar-refractivity contribution < 1.29 is 4.39 Å². The van der Waals surface area contributed by atoms with Crippen molar-refractivity contribution in [3.63, 3.8) is 0 Å². The fourth-order valence-electron chi connectivity index (χ4n) is 2.00. The highest BCUT2D eigenvalue weighted by atomic mass is 79.9. The molecule has 0 bridgehead atoms. The molecule has 17 heavy (non-hydrogen) atoms. The minimum absolute atomic E-state index is 0. The van der Waals surface area contributed by atoms with Crippen LogP contribution < -0.4 is 5.32 Å². The van der Waals surface area contributed by atoms with Crippen LogP contribution in [0, 0.1) is 5.82 Å². The highest BCUT2D eigenvalue weighted by Crippen LogP contribution is 2.20. The Kier molecular flexibility index (Phi) is 5.86. The zero-order valence-corrected chi connectivity index (χ0v) is 12.2. The second-order valence-corrected chi connectivity index (χ2v) is 5.11. The Morgan fingerprint density at radius 2 is 2.29 bits per heavy atom. The van der Waals surface area contributed by atoms with Gasteiger partial charge in [-0.25, -0.2) is 4.39 Å². The molecular weight excluding hydrogens is 307 g/mol. The van der Waals surface area contributed by atoms with Crippen molar-refractivity contribution in [2.45, 2.75) is 19.5 Å². The summed E-state index contributed by atoms with van der Waals surface area (Å²) in [6.07, 6.45) is 0. The first-order valence-electron chi connectivity index (χ1n) is 5.55. The van der Waals surface area contributed by atoms with Crippen molar-refractivity contribution in [3.05, 3.63) is 34.1 Å². The zero-order chi connectivity index (χ0) is 11.5. The van der Waals surface area contributed by atoms with Crippen LogP contribution in [0.2, 0.25) is 0 Å². The summed E-state index contributed by atoms with van der Waals surface area (Å²) in [6.45, 7) is 6.04. The first-order chi connectivity index (χ1) is 7.66. The lowest BCUT2D eigenvalue weighted by Gasteiger charge is -2.34. The predicted molar refractivity (Wildman–Crippen MR) is 74.1 cm³/mol. The molecule has 2 nitrogen and oxygen atoms in total. The van der Waals surface area contributed by atoms with E-state index in [0.29, 0.717) is 6.04 Å². The third-order valence-corrected chi connectivity index (χ3v) is 3.79. The molecule has 0 aliphatic carbocycles. The Labute approximate surface area is 116 Å². The van der Waals surface area contributed by atoms with E-state index in [2.05, 4.69) is 33.1 Å². The van der Waals surface area contributed by atoms with Crippen molar-refractivity contribution in [1.82, 2.24) is 10.2 Å². The number of piperazine rings is 1. The molecule has 0 saturated carbocycles. The van der Waals surface area contributed by atoms with Crippen molar-refractivity contribution in [1.29, 1.82) is 0 Å². The van der Waals surface area contributed by atoms with Crippen molar-refractivity contribution in [3.8, 4) is 0 Å². The first kappa shape index (κ1) is 14.9. The lowest BCUT2D eigenvalue weighted by molar-refractivity contribution is 0.165. The number of rotatable bonds is 2. The van der Waals surface area contributed by atoms with E-state index in [4.69, 9.17) is 0 Å². The quantitative estimate of drug-likeness (QED) is 0.900. The number of hydrogen-bond acceptors (Lipinski definition) is 2. The Hall–Kier alpha value is -0.160. The van der Waals surface area contributed by atoms with Gasteiger partial charge in [0, 0.05) is 36.7 Å². The summed E-state index contributed by atoms with van der Waals surface area (Å²) in [5, 5.41) is 3.35. The normalized spacial score (nSPS) is 21.0. The largest absolute Gasteiger partial charge is 0.314 e. The average molecular weight is 324 g/mol. The third-order valence-electron chi connectivity index (χ3n) is 3.02. The van der Waals surface area contributed by atoms with Crippen LogP contribution in [0.25, 0.3) is 0 Å². The summed E-state index contributed by atoms with van der Waals surface area (Å²) in [5.74, 6) is -0.166. The monoisotopic (exact) mass is 322 g/mol. The van der Waals surface area contributed by atoms with Crippen LogP contribution in [0.5, 0.6) is 0 Å². The van der Waals surface area contributed by atoms with E-state index in [1.807, 2.05) is 0 Å². The maximum atomic E-state index is 13.1. The molecule has 1 heterocycles. The fourth-order valence-corrected chi connectivity index (χ4v) is 2.37. The van der Waals surface area contributed by atoms with Gasteiger partial charge in [0.25, 0.3) is 0 Å². The van der Waals surface area contributed by atoms with E-state index in [0.717, 1.165) is 36.2 Å². The van der Waals surface area contributed by atoms with Crippen molar-refractivity contribution in [2.24, 2.45) is 0 Å². The van der Waals surface area contributed by atoms with Gasteiger partial charge >= 0.3 is 0 Å². The Bertz CT molecular complexity index is 376. The predicted octanol–water partition coefficient (Wildman–Crippen LogP) is 2.80. The van der Waals surface area contributed by atoms with Crippen LogP contribution in [-0.2, 0) is 6.54 Å². The Morgan fingerprint density at radius 1 is 1.53 bits per heavy atom. The summed E-state index contributed by atoms with van der Waals surface area (Å²) >= 11 is 3.47. The SMILES string of the molecule is C[C@@H]1CNCCN1Cc1cc(F)ccc1Br.Cl. The van der Waals surface area contributed by atoms with Gasteiger partial charge in [0.2, 0.25) is 0 Å². The lowest BCUT2D eigenvalue weighted by atomic mass is 10.1. The maximum absolute atomic E-state index is 13.1. The molecule has 1 aliphatic heterocycles. The molecule has 1 aromatic carbocycles. The van der Waals surface area contributed by atoms with Gasteiger partial charge in [0.05, 0.1) is 0 Å². The van der Waals surface area contributed by atoms with E-state index < -0.39 is 0 Å². The van der Waals surface area contributed by atoms with Crippen LogP contribution in [0.3, 0.4) is 0 Å². The van der Waals surface area contributed by atoms with Gasteiger partial charge in [-0.2, -0.15) is 0 Å². The number of nitrogens with zero attached hydrogens (tertiary/aromatic N) is 1. The third kappa shape index (κ3) is 3.91. The Balaban J connectivity index is 0.00000144. The van der Waals surface area contributed by atoms with Crippen molar-refractivity contribution >= 4 is 28.3 Å². The molecule has 0 radical (unpaired) electrons. The molecule has 0 spiro atoms. The zero-order valence-electron chi connectivity index (χ0n) is 9.75. The molecule has 1 aromatic rings. The number of benzene rings is 1. The van der Waals surface area contributed by atoms with Crippen molar-refractivity contribution in [2.75, 3.05) is 19.6 Å². The van der Waals surface area contributed by atoms with Gasteiger partial charge in [-0.15, -0.1) is 12.4 Å². The van der Waals surface area contributed by atoms with Gasteiger partial charge in [-0.05, 0) is 30.7 Å². The summed E-state index contributed by atoms with van der Waals surface area (Å²) in [4.78, 5) is 2.37. The second-order valence-electron chi connectivity index (χ2n) is 4.26. The first-order valence-corrected chi connectivity index (χ1v) is 6.35. The molecule has 96 valence electrons. The lowest BCUT2D eigenvalue weighted by Crippen LogP contribution is -2.49. The van der Waals surface area contributed by atoms with E-state index in [-0.39, 0.29) is 18.2 Å². The number of halogens is 3. The van der Waals surface area contributed by atoms with E-state index in [1.54, 1.807) is 12.1 Å². The van der Waals surface area contributed by atoms with Gasteiger partial charge in [-0.1, -0.05) is 15.9 Å². The molecule has 1 N–H and O–H groups in total. The highest BCUT2D eigenvalue weighted by Gasteiger charge is 2.18. The fraction of sp³-hybridized carbons (Fsp3) is 0.500. The average Bonchev–Trinajstić information content (AvgIpc) is 2.27. The smallest absolute Gasteiger partial charge is 0.123 e. The standard InChI is InChI=1S/C12H16BrFN2.ClH/c1-9-7-15-4-5-16(9)8-10-6-11(14)2-3-12(10)13;/h2-3,6,9,15H,4-5,7-8H2,1H3;1H/t9-;/m1./s1. The second kappa shape index (κ2) is 6.69. The molecule has 1 fully saturated rings. The maximum Gasteiger partial charge on any atom is 0.123 e. The minimum Gasteiger partial charge on any atom is -0.314 e. The summed E-state index contributed by atoms with van der Waals surface area (Å²) in [6, 6.07) is 5.37. The molecule has 1 aliphatic rings. The Morgan fingerprint density at radius 3 is 3.00 bits per heavy atom. The van der Waals surface area contributed by atoms with Gasteiger partial charge in [0.15, 0.2) is 0 Å². The van der Waals surface area contributed by atoms with Gasteiger partial charge in [-0.3, -0.25) is 4.90 Å². The molecule has 5 heteroatoms. The van der Waals surface area contributed by atoms with Crippen LogP contribution in [0.4, 0.5) is 4.39 Å². The molecule has 0 aromatic heterocycles. The molecule has 1 saturated heterocycles. The van der Waals surface area contributed by atoms with Gasteiger partial charge in [0.1, 0.15) is 5.82 Å². The van der Waals surface area contributed by atoms with E-state index in [9.17, 15) is 4.39 Å². The molecule has 0 unspecified atom stereocenters. The summed E-state index contributed by atoms with van der Waals surface area (Å²) in [7, 11) is 0. The summed E-state index contributed by atoms with van der Waals surface area (Å²) < 4.78 is 14.1.